The van der Waals surface area contributed by atoms with Crippen LogP contribution < -0.4 is 15.4 Å². The zero-order valence-corrected chi connectivity index (χ0v) is 14.7. The van der Waals surface area contributed by atoms with Gasteiger partial charge >= 0.3 is 0 Å². The minimum Gasteiger partial charge on any atom is -0.497 e. The maximum atomic E-state index is 12.9. The summed E-state index contributed by atoms with van der Waals surface area (Å²) in [4.78, 5) is 28.5. The van der Waals surface area contributed by atoms with Crippen molar-refractivity contribution in [1.29, 1.82) is 0 Å². The fraction of sp³-hybridized carbons (Fsp3) is 0.167. The molecule has 2 amide bonds. The largest absolute Gasteiger partial charge is 0.497 e. The van der Waals surface area contributed by atoms with Crippen LogP contribution in [0.25, 0.3) is 0 Å². The molecule has 1 aliphatic heterocycles. The fourth-order valence-electron chi connectivity index (χ4n) is 2.28. The molecule has 1 fully saturated rings. The number of carbonyl (C=O) groups excluding carboxylic acids is 2. The summed E-state index contributed by atoms with van der Waals surface area (Å²) in [5.41, 5.74) is 1.15. The molecule has 1 unspecified atom stereocenters. The third-order valence-electron chi connectivity index (χ3n) is 3.58. The summed E-state index contributed by atoms with van der Waals surface area (Å²) in [6.45, 7) is 0. The minimum atomic E-state index is -0.563. The monoisotopic (exact) mass is 373 g/mol. The lowest BCUT2D eigenvalue weighted by Crippen LogP contribution is -2.28. The van der Waals surface area contributed by atoms with Crippen molar-refractivity contribution in [2.24, 2.45) is 4.99 Å². The molecule has 134 valence electrons. The Morgan fingerprint density at radius 1 is 1.23 bits per heavy atom. The molecule has 8 heteroatoms. The fourth-order valence-corrected chi connectivity index (χ4v) is 3.27. The average molecular weight is 373 g/mol. The Kier molecular flexibility index (Phi) is 5.52. The van der Waals surface area contributed by atoms with Crippen molar-refractivity contribution in [1.82, 2.24) is 5.32 Å². The van der Waals surface area contributed by atoms with E-state index in [2.05, 4.69) is 15.6 Å². The van der Waals surface area contributed by atoms with Crippen LogP contribution in [0.3, 0.4) is 0 Å². The number of ether oxygens (including phenoxy) is 1. The SMILES string of the molecule is COc1ccc(N=C2NC(=O)C(CC(=O)Nc3ccc(F)cc3)S2)cc1. The highest BCUT2D eigenvalue weighted by atomic mass is 32.2. The number of nitrogens with one attached hydrogen (secondary N) is 2. The van der Waals surface area contributed by atoms with E-state index in [1.54, 1.807) is 31.4 Å². The van der Waals surface area contributed by atoms with E-state index >= 15 is 0 Å². The molecular weight excluding hydrogens is 357 g/mol. The summed E-state index contributed by atoms with van der Waals surface area (Å²) in [6, 6.07) is 12.5. The smallest absolute Gasteiger partial charge is 0.240 e. The highest BCUT2D eigenvalue weighted by molar-refractivity contribution is 8.15. The first-order valence-electron chi connectivity index (χ1n) is 7.79. The lowest BCUT2D eigenvalue weighted by Gasteiger charge is -2.07. The third kappa shape index (κ3) is 4.60. The first-order valence-corrected chi connectivity index (χ1v) is 8.67. The van der Waals surface area contributed by atoms with Crippen LogP contribution in [0.4, 0.5) is 15.8 Å². The number of anilines is 1. The normalized spacial score (nSPS) is 17.8. The zero-order valence-electron chi connectivity index (χ0n) is 13.9. The second kappa shape index (κ2) is 8.01. The van der Waals surface area contributed by atoms with Crippen molar-refractivity contribution in [2.45, 2.75) is 11.7 Å². The van der Waals surface area contributed by atoms with E-state index in [0.29, 0.717) is 22.3 Å². The van der Waals surface area contributed by atoms with Crippen LogP contribution >= 0.6 is 11.8 Å². The van der Waals surface area contributed by atoms with Gasteiger partial charge in [-0.2, -0.15) is 0 Å². The molecule has 2 aromatic rings. The van der Waals surface area contributed by atoms with Crippen molar-refractivity contribution in [3.63, 3.8) is 0 Å². The Morgan fingerprint density at radius 2 is 1.92 bits per heavy atom. The van der Waals surface area contributed by atoms with Crippen LogP contribution in [-0.2, 0) is 9.59 Å². The number of hydrogen-bond acceptors (Lipinski definition) is 5. The Balaban J connectivity index is 1.59. The molecule has 2 aromatic carbocycles. The van der Waals surface area contributed by atoms with Gasteiger partial charge in [0.25, 0.3) is 0 Å². The van der Waals surface area contributed by atoms with Gasteiger partial charge < -0.3 is 15.4 Å². The topological polar surface area (TPSA) is 79.8 Å². The van der Waals surface area contributed by atoms with Gasteiger partial charge in [0, 0.05) is 12.1 Å². The van der Waals surface area contributed by atoms with Crippen LogP contribution in [0.5, 0.6) is 5.75 Å². The molecule has 0 radical (unpaired) electrons. The highest BCUT2D eigenvalue weighted by Crippen LogP contribution is 2.26. The molecule has 0 saturated carbocycles. The molecular formula is C18H16FN3O3S. The molecule has 1 atom stereocenters. The number of hydrogen-bond donors (Lipinski definition) is 2. The average Bonchev–Trinajstić information content (AvgIpc) is 2.96. The highest BCUT2D eigenvalue weighted by Gasteiger charge is 2.32. The molecule has 0 bridgehead atoms. The number of benzene rings is 2. The number of aliphatic imine (C=N–C) groups is 1. The molecule has 1 heterocycles. The molecule has 26 heavy (non-hydrogen) atoms. The third-order valence-corrected chi connectivity index (χ3v) is 4.66. The molecule has 0 spiro atoms. The minimum absolute atomic E-state index is 0.00446. The van der Waals surface area contributed by atoms with Crippen LogP contribution in [0.15, 0.2) is 53.5 Å². The molecule has 0 aromatic heterocycles. The summed E-state index contributed by atoms with van der Waals surface area (Å²) in [5.74, 6) is -0.257. The Morgan fingerprint density at radius 3 is 2.58 bits per heavy atom. The van der Waals surface area contributed by atoms with Gasteiger partial charge in [-0.25, -0.2) is 9.38 Å². The molecule has 3 rings (SSSR count). The Labute approximate surface area is 153 Å². The van der Waals surface area contributed by atoms with Crippen LogP contribution in [0.2, 0.25) is 0 Å². The molecule has 2 N–H and O–H groups in total. The van der Waals surface area contributed by atoms with Gasteiger partial charge in [-0.05, 0) is 48.5 Å². The molecule has 6 nitrogen and oxygen atoms in total. The predicted octanol–water partition coefficient (Wildman–Crippen LogP) is 3.08. The van der Waals surface area contributed by atoms with E-state index in [1.165, 1.54) is 36.0 Å². The van der Waals surface area contributed by atoms with Gasteiger partial charge in [0.05, 0.1) is 12.8 Å². The van der Waals surface area contributed by atoms with Crippen LogP contribution in [0, 0.1) is 5.82 Å². The maximum Gasteiger partial charge on any atom is 0.240 e. The molecule has 1 aliphatic rings. The number of carbonyl (C=O) groups is 2. The number of rotatable bonds is 5. The first-order chi connectivity index (χ1) is 12.5. The summed E-state index contributed by atoms with van der Waals surface area (Å²) < 4.78 is 18.0. The number of amidine groups is 1. The van der Waals surface area contributed by atoms with Gasteiger partial charge in [-0.3, -0.25) is 9.59 Å². The number of thioether (sulfide) groups is 1. The second-order valence-electron chi connectivity index (χ2n) is 5.47. The van der Waals surface area contributed by atoms with Crippen LogP contribution in [0.1, 0.15) is 6.42 Å². The molecule has 1 saturated heterocycles. The van der Waals surface area contributed by atoms with Crippen molar-refractivity contribution >= 4 is 40.1 Å². The van der Waals surface area contributed by atoms with E-state index in [9.17, 15) is 14.0 Å². The Hall–Kier alpha value is -2.87. The second-order valence-corrected chi connectivity index (χ2v) is 6.66. The summed E-state index contributed by atoms with van der Waals surface area (Å²) in [5, 5.41) is 5.19. The predicted molar refractivity (Wildman–Crippen MR) is 99.3 cm³/mol. The summed E-state index contributed by atoms with van der Waals surface area (Å²) in [7, 11) is 1.58. The number of nitrogens with zero attached hydrogens (tertiary/aromatic N) is 1. The zero-order chi connectivity index (χ0) is 18.5. The van der Waals surface area contributed by atoms with Gasteiger partial charge in [-0.1, -0.05) is 11.8 Å². The maximum absolute atomic E-state index is 12.9. The quantitative estimate of drug-likeness (QED) is 0.844. The lowest BCUT2D eigenvalue weighted by atomic mass is 10.2. The summed E-state index contributed by atoms with van der Waals surface area (Å²) >= 11 is 1.20. The van der Waals surface area contributed by atoms with E-state index in [4.69, 9.17) is 4.74 Å². The van der Waals surface area contributed by atoms with Crippen molar-refractivity contribution in [3.8, 4) is 5.75 Å². The van der Waals surface area contributed by atoms with E-state index in [0.717, 1.165) is 0 Å². The van der Waals surface area contributed by atoms with E-state index in [1.807, 2.05) is 0 Å². The van der Waals surface area contributed by atoms with Crippen molar-refractivity contribution in [3.05, 3.63) is 54.3 Å². The first kappa shape index (κ1) is 17.9. The summed E-state index contributed by atoms with van der Waals surface area (Å²) in [6.07, 6.45) is -0.00446. The molecule has 0 aliphatic carbocycles. The van der Waals surface area contributed by atoms with Crippen molar-refractivity contribution < 1.29 is 18.7 Å². The van der Waals surface area contributed by atoms with Crippen molar-refractivity contribution in [2.75, 3.05) is 12.4 Å². The standard InChI is InChI=1S/C18H16FN3O3S/c1-25-14-8-6-13(7-9-14)21-18-22-17(24)15(26-18)10-16(23)20-12-4-2-11(19)3-5-12/h2-9,15H,10H2,1H3,(H,20,23)(H,21,22,24). The number of halogens is 1. The van der Waals surface area contributed by atoms with Crippen LogP contribution in [-0.4, -0.2) is 29.3 Å². The van der Waals surface area contributed by atoms with E-state index < -0.39 is 5.25 Å². The van der Waals surface area contributed by atoms with Gasteiger partial charge in [0.1, 0.15) is 16.8 Å². The van der Waals surface area contributed by atoms with E-state index in [-0.39, 0.29) is 24.1 Å². The van der Waals surface area contributed by atoms with Gasteiger partial charge in [0.15, 0.2) is 5.17 Å². The Bertz CT molecular complexity index is 838. The number of methoxy groups -OCH3 is 1. The van der Waals surface area contributed by atoms with Gasteiger partial charge in [0.2, 0.25) is 11.8 Å². The van der Waals surface area contributed by atoms with Gasteiger partial charge in [-0.15, -0.1) is 0 Å². The lowest BCUT2D eigenvalue weighted by molar-refractivity contribution is -0.122. The number of amides is 2.